The number of anilines is 2. The lowest BCUT2D eigenvalue weighted by Gasteiger charge is -2.27. The van der Waals surface area contributed by atoms with Crippen molar-refractivity contribution in [3.63, 3.8) is 0 Å². The van der Waals surface area contributed by atoms with Gasteiger partial charge in [-0.2, -0.15) is 5.26 Å². The van der Waals surface area contributed by atoms with Crippen molar-refractivity contribution in [2.75, 3.05) is 16.3 Å². The number of hydrogen-bond donors (Lipinski definition) is 2. The molecule has 0 bridgehead atoms. The summed E-state index contributed by atoms with van der Waals surface area (Å²) in [5, 5.41) is 30.5. The van der Waals surface area contributed by atoms with Crippen LogP contribution in [0.3, 0.4) is 0 Å². The maximum Gasteiger partial charge on any atom is 0.223 e. The fraction of sp³-hybridized carbons (Fsp3) is 0.125. The van der Waals surface area contributed by atoms with Crippen LogP contribution in [0.25, 0.3) is 5.69 Å². The monoisotopic (exact) mass is 396 g/mol. The van der Waals surface area contributed by atoms with E-state index >= 15 is 0 Å². The molecule has 0 aliphatic carbocycles. The highest BCUT2D eigenvalue weighted by Gasteiger charge is 2.34. The van der Waals surface area contributed by atoms with E-state index in [1.54, 1.807) is 6.07 Å². The van der Waals surface area contributed by atoms with Gasteiger partial charge >= 0.3 is 0 Å². The van der Waals surface area contributed by atoms with Crippen LogP contribution >= 0.6 is 0 Å². The lowest BCUT2D eigenvalue weighted by molar-refractivity contribution is 0.403. The van der Waals surface area contributed by atoms with Crippen LogP contribution in [0.4, 0.5) is 11.4 Å². The van der Waals surface area contributed by atoms with Crippen LogP contribution in [0.2, 0.25) is 0 Å². The van der Waals surface area contributed by atoms with Gasteiger partial charge in [-0.05, 0) is 23.8 Å². The zero-order valence-electron chi connectivity index (χ0n) is 16.2. The first-order valence-electron chi connectivity index (χ1n) is 9.80. The smallest absolute Gasteiger partial charge is 0.223 e. The first kappa shape index (κ1) is 18.0. The molecule has 3 heterocycles. The van der Waals surface area contributed by atoms with Gasteiger partial charge in [0.05, 0.1) is 18.2 Å². The number of nitrogens with zero attached hydrogens (tertiary/aromatic N) is 4. The van der Waals surface area contributed by atoms with Crippen molar-refractivity contribution in [2.45, 2.75) is 12.3 Å². The minimum absolute atomic E-state index is 0.0429. The Morgan fingerprint density at radius 3 is 2.53 bits per heavy atom. The van der Waals surface area contributed by atoms with E-state index in [1.807, 2.05) is 59.8 Å². The largest absolute Gasteiger partial charge is 0.494 e. The van der Waals surface area contributed by atoms with Crippen LogP contribution in [-0.4, -0.2) is 21.3 Å². The lowest BCUT2D eigenvalue weighted by Crippen LogP contribution is -2.25. The highest BCUT2D eigenvalue weighted by atomic mass is 16.3. The van der Waals surface area contributed by atoms with Gasteiger partial charge in [-0.25, -0.2) is 4.57 Å². The summed E-state index contributed by atoms with van der Waals surface area (Å²) in [6.45, 7) is 0.597. The molecule has 5 rings (SSSR count). The Hall–Kier alpha value is -4.11. The van der Waals surface area contributed by atoms with Gasteiger partial charge in [0.1, 0.15) is 5.69 Å². The maximum atomic E-state index is 10.9. The van der Waals surface area contributed by atoms with Crippen LogP contribution in [-0.2, 0) is 0 Å². The van der Waals surface area contributed by atoms with Gasteiger partial charge in [0, 0.05) is 42.3 Å². The third-order valence-electron chi connectivity index (χ3n) is 5.58. The standard InChI is InChI=1S/C24H20N4O2/c25-12-6-13-27-20-10-5-4-9-18(20)19-11-14-26(16-22(19)27)21-15-23(29)28(24(21)30)17-7-2-1-3-8-17/h1-5,7-11,14-16,19,29-30H,6,13H2. The summed E-state index contributed by atoms with van der Waals surface area (Å²) in [4.78, 5) is 3.97. The van der Waals surface area contributed by atoms with Crippen molar-refractivity contribution < 1.29 is 10.2 Å². The van der Waals surface area contributed by atoms with E-state index < -0.39 is 0 Å². The van der Waals surface area contributed by atoms with Gasteiger partial charge in [0.2, 0.25) is 11.8 Å². The molecular formula is C24H20N4O2. The molecule has 1 unspecified atom stereocenters. The first-order valence-corrected chi connectivity index (χ1v) is 9.80. The quantitative estimate of drug-likeness (QED) is 0.675. The van der Waals surface area contributed by atoms with Crippen LogP contribution in [0.15, 0.2) is 84.8 Å². The molecule has 2 N–H and O–H groups in total. The van der Waals surface area contributed by atoms with E-state index in [-0.39, 0.29) is 17.7 Å². The first-order chi connectivity index (χ1) is 14.7. The fourth-order valence-corrected chi connectivity index (χ4v) is 4.24. The Bertz CT molecular complexity index is 1200. The summed E-state index contributed by atoms with van der Waals surface area (Å²) in [5.41, 5.74) is 4.50. The molecule has 6 heteroatoms. The molecule has 0 spiro atoms. The molecule has 0 saturated heterocycles. The molecule has 0 saturated carbocycles. The van der Waals surface area contributed by atoms with Crippen molar-refractivity contribution in [2.24, 2.45) is 0 Å². The number of hydrogen-bond acceptors (Lipinski definition) is 5. The molecule has 0 fully saturated rings. The molecule has 6 nitrogen and oxygen atoms in total. The average molecular weight is 396 g/mol. The number of allylic oxidation sites excluding steroid dienone is 1. The summed E-state index contributed by atoms with van der Waals surface area (Å²) in [6, 6.07) is 21.2. The van der Waals surface area contributed by atoms with E-state index in [2.05, 4.69) is 29.2 Å². The van der Waals surface area contributed by atoms with Crippen molar-refractivity contribution in [3.05, 3.63) is 90.4 Å². The van der Waals surface area contributed by atoms with Gasteiger partial charge in [-0.15, -0.1) is 0 Å². The molecule has 0 radical (unpaired) electrons. The number of benzene rings is 2. The van der Waals surface area contributed by atoms with Crippen molar-refractivity contribution in [1.29, 1.82) is 5.26 Å². The summed E-state index contributed by atoms with van der Waals surface area (Å²) in [5.74, 6) is 0.0134. The van der Waals surface area contributed by atoms with Gasteiger partial charge in [0.25, 0.3) is 0 Å². The van der Waals surface area contributed by atoms with Gasteiger partial charge in [-0.3, -0.25) is 0 Å². The van der Waals surface area contributed by atoms with Gasteiger partial charge in [0.15, 0.2) is 0 Å². The van der Waals surface area contributed by atoms with Crippen molar-refractivity contribution in [1.82, 2.24) is 4.57 Å². The second-order valence-electron chi connectivity index (χ2n) is 7.28. The number of rotatable bonds is 4. The Balaban J connectivity index is 1.56. The Labute approximate surface area is 174 Å². The maximum absolute atomic E-state index is 10.9. The van der Waals surface area contributed by atoms with E-state index in [0.717, 1.165) is 11.4 Å². The lowest BCUT2D eigenvalue weighted by atomic mass is 9.97. The second-order valence-corrected chi connectivity index (χ2v) is 7.28. The van der Waals surface area contributed by atoms with Crippen molar-refractivity contribution >= 4 is 11.4 Å². The predicted octanol–water partition coefficient (Wildman–Crippen LogP) is 4.58. The van der Waals surface area contributed by atoms with E-state index in [0.29, 0.717) is 24.3 Å². The highest BCUT2D eigenvalue weighted by molar-refractivity contribution is 5.74. The highest BCUT2D eigenvalue weighted by Crippen LogP contribution is 2.47. The van der Waals surface area contributed by atoms with Gasteiger partial charge < -0.3 is 20.0 Å². The van der Waals surface area contributed by atoms with Gasteiger partial charge in [-0.1, -0.05) is 42.5 Å². The minimum Gasteiger partial charge on any atom is -0.494 e. The van der Waals surface area contributed by atoms with Crippen LogP contribution in [0.5, 0.6) is 11.8 Å². The Kier molecular flexibility index (Phi) is 4.22. The molecule has 2 aliphatic rings. The number of aromatic hydroxyl groups is 2. The Morgan fingerprint density at radius 2 is 1.73 bits per heavy atom. The number of nitriles is 1. The SMILES string of the molecule is N#CCCN1C2=CN(c3cc(O)n(-c4ccccc4)c3O)C=CC2c2ccccc21. The van der Waals surface area contributed by atoms with E-state index in [9.17, 15) is 10.2 Å². The molecule has 3 aromatic rings. The Morgan fingerprint density at radius 1 is 0.967 bits per heavy atom. The topological polar surface area (TPSA) is 75.7 Å². The van der Waals surface area contributed by atoms with Crippen LogP contribution in [0, 0.1) is 11.3 Å². The molecular weight excluding hydrogens is 376 g/mol. The third-order valence-corrected chi connectivity index (χ3v) is 5.58. The normalized spacial score (nSPS) is 16.8. The number of aromatic nitrogens is 1. The molecule has 1 atom stereocenters. The summed E-state index contributed by atoms with van der Waals surface area (Å²) in [6.07, 6.45) is 6.36. The van der Waals surface area contributed by atoms with Crippen LogP contribution in [0.1, 0.15) is 17.9 Å². The molecule has 2 aliphatic heterocycles. The zero-order chi connectivity index (χ0) is 20.7. The number of fused-ring (bicyclic) bond motifs is 3. The van der Waals surface area contributed by atoms with E-state index in [4.69, 9.17) is 5.26 Å². The number of para-hydroxylation sites is 2. The molecule has 148 valence electrons. The second kappa shape index (κ2) is 7.05. The average Bonchev–Trinajstić information content (AvgIpc) is 3.26. The zero-order valence-corrected chi connectivity index (χ0v) is 16.2. The fourth-order valence-electron chi connectivity index (χ4n) is 4.24. The van der Waals surface area contributed by atoms with E-state index in [1.165, 1.54) is 10.1 Å². The summed E-state index contributed by atoms with van der Waals surface area (Å²) < 4.78 is 1.41. The molecule has 1 aromatic heterocycles. The molecule has 30 heavy (non-hydrogen) atoms. The summed E-state index contributed by atoms with van der Waals surface area (Å²) >= 11 is 0. The third kappa shape index (κ3) is 2.72. The molecule has 0 amide bonds. The summed E-state index contributed by atoms with van der Waals surface area (Å²) in [7, 11) is 0. The minimum atomic E-state index is -0.0438. The van der Waals surface area contributed by atoms with Crippen LogP contribution < -0.4 is 9.80 Å². The molecule has 2 aromatic carbocycles. The van der Waals surface area contributed by atoms with Crippen molar-refractivity contribution in [3.8, 4) is 23.5 Å². The predicted molar refractivity (Wildman–Crippen MR) is 116 cm³/mol.